The van der Waals surface area contributed by atoms with Crippen molar-refractivity contribution in [2.75, 3.05) is 19.0 Å². The van der Waals surface area contributed by atoms with Gasteiger partial charge in [0.1, 0.15) is 5.84 Å². The molecule has 2 aromatic carbocycles. The van der Waals surface area contributed by atoms with Crippen LogP contribution in [-0.4, -0.2) is 48.6 Å². The number of benzene rings is 2. The van der Waals surface area contributed by atoms with Crippen molar-refractivity contribution >= 4 is 29.1 Å². The number of hydrogen-bond acceptors (Lipinski definition) is 6. The smallest absolute Gasteiger partial charge is 0.331 e. The van der Waals surface area contributed by atoms with Gasteiger partial charge >= 0.3 is 11.9 Å². The number of cyclic esters (lactones) is 2. The van der Waals surface area contributed by atoms with E-state index in [1.54, 1.807) is 13.8 Å². The first-order valence-electron chi connectivity index (χ1n) is 15.3. The fourth-order valence-corrected chi connectivity index (χ4v) is 5.27. The van der Waals surface area contributed by atoms with Crippen LogP contribution >= 0.6 is 0 Å². The first-order chi connectivity index (χ1) is 19.6. The first kappa shape index (κ1) is 33.2. The molecule has 0 bridgehead atoms. The number of carbonyl (C=O) groups is 2. The van der Waals surface area contributed by atoms with E-state index in [4.69, 9.17) is 14.5 Å². The maximum atomic E-state index is 13.5. The molecule has 1 aliphatic rings. The predicted molar refractivity (Wildman–Crippen MR) is 171 cm³/mol. The summed E-state index contributed by atoms with van der Waals surface area (Å²) in [5, 5.41) is 0. The molecule has 1 saturated heterocycles. The van der Waals surface area contributed by atoms with E-state index in [0.717, 1.165) is 48.9 Å². The molecular formula is C35H51N3O4. The summed E-state index contributed by atoms with van der Waals surface area (Å²) in [4.78, 5) is 36.1. The van der Waals surface area contributed by atoms with Crippen molar-refractivity contribution in [3.63, 3.8) is 0 Å². The van der Waals surface area contributed by atoms with Gasteiger partial charge in [-0.2, -0.15) is 0 Å². The van der Waals surface area contributed by atoms with Crippen LogP contribution in [0.15, 0.2) is 47.5 Å². The Morgan fingerprint density at radius 1 is 0.976 bits per heavy atom. The highest BCUT2D eigenvalue weighted by Crippen LogP contribution is 2.31. The van der Waals surface area contributed by atoms with E-state index < -0.39 is 23.6 Å². The molecule has 0 N–H and O–H groups in total. The number of aliphatic imine (C=N–C) groups is 1. The van der Waals surface area contributed by atoms with Gasteiger partial charge in [0.25, 0.3) is 5.79 Å². The Bertz CT molecular complexity index is 1240. The van der Waals surface area contributed by atoms with Gasteiger partial charge in [-0.1, -0.05) is 71.2 Å². The zero-order chi connectivity index (χ0) is 31.2. The average Bonchev–Trinajstić information content (AvgIpc) is 2.86. The van der Waals surface area contributed by atoms with Gasteiger partial charge in [0, 0.05) is 46.2 Å². The molecule has 3 rings (SSSR count). The van der Waals surface area contributed by atoms with E-state index in [9.17, 15) is 9.59 Å². The van der Waals surface area contributed by atoms with E-state index in [1.807, 2.05) is 38.1 Å². The second-order valence-electron chi connectivity index (χ2n) is 13.5. The molecule has 1 unspecified atom stereocenters. The molecule has 2 aromatic rings. The molecular weight excluding hydrogens is 526 g/mol. The third kappa shape index (κ3) is 9.07. The van der Waals surface area contributed by atoms with Crippen molar-refractivity contribution in [3.8, 4) is 0 Å². The molecule has 1 aliphatic heterocycles. The number of aryl methyl sites for hydroxylation is 1. The predicted octanol–water partition coefficient (Wildman–Crippen LogP) is 7.60. The highest BCUT2D eigenvalue weighted by atomic mass is 16.7. The number of nitrogens with zero attached hydrogens (tertiary/aromatic N) is 3. The van der Waals surface area contributed by atoms with Crippen LogP contribution in [0.2, 0.25) is 0 Å². The molecule has 7 nitrogen and oxygen atoms in total. The van der Waals surface area contributed by atoms with E-state index in [2.05, 4.69) is 69.9 Å². The SMILES string of the molecule is CCCCCC(C)N(Cc1ccc(CC(C)(C)C)cc1)C(=Nc1ccc(N(C)C)cc1C)C1C(=O)OC(C)(C)OC1=O. The van der Waals surface area contributed by atoms with Crippen LogP contribution in [0.4, 0.5) is 11.4 Å². The minimum absolute atomic E-state index is 0.0152. The topological polar surface area (TPSA) is 71.4 Å². The number of unbranched alkanes of at least 4 members (excludes halogenated alkanes) is 2. The van der Waals surface area contributed by atoms with Gasteiger partial charge in [0.15, 0.2) is 0 Å². The molecule has 7 heteroatoms. The molecule has 0 aliphatic carbocycles. The largest absolute Gasteiger partial charge is 0.422 e. The van der Waals surface area contributed by atoms with Crippen molar-refractivity contribution < 1.29 is 19.1 Å². The minimum atomic E-state index is -1.32. The van der Waals surface area contributed by atoms with Crippen LogP contribution in [0.5, 0.6) is 0 Å². The second kappa shape index (κ2) is 13.7. The fourth-order valence-electron chi connectivity index (χ4n) is 5.27. The van der Waals surface area contributed by atoms with Crippen LogP contribution in [0, 0.1) is 18.3 Å². The molecule has 0 aromatic heterocycles. The van der Waals surface area contributed by atoms with Gasteiger partial charge in [-0.15, -0.1) is 0 Å². The quantitative estimate of drug-likeness (QED) is 0.0900. The highest BCUT2D eigenvalue weighted by Gasteiger charge is 2.48. The van der Waals surface area contributed by atoms with Crippen molar-refractivity contribution in [2.24, 2.45) is 16.3 Å². The average molecular weight is 578 g/mol. The second-order valence-corrected chi connectivity index (χ2v) is 13.5. The maximum Gasteiger partial charge on any atom is 0.331 e. The third-order valence-electron chi connectivity index (χ3n) is 7.52. The summed E-state index contributed by atoms with van der Waals surface area (Å²) in [7, 11) is 3.98. The van der Waals surface area contributed by atoms with E-state index in [1.165, 1.54) is 5.56 Å². The molecule has 42 heavy (non-hydrogen) atoms. The summed E-state index contributed by atoms with van der Waals surface area (Å²) in [6.45, 7) is 16.7. The van der Waals surface area contributed by atoms with Crippen LogP contribution in [0.3, 0.4) is 0 Å². The maximum absolute atomic E-state index is 13.5. The normalized spacial score (nSPS) is 16.6. The number of esters is 2. The Morgan fingerprint density at radius 3 is 2.10 bits per heavy atom. The number of amidine groups is 1. The Labute approximate surface area is 253 Å². The van der Waals surface area contributed by atoms with E-state index in [-0.39, 0.29) is 11.5 Å². The van der Waals surface area contributed by atoms with Gasteiger partial charge in [0.2, 0.25) is 5.92 Å². The Kier molecular flexibility index (Phi) is 10.9. The van der Waals surface area contributed by atoms with Gasteiger partial charge in [-0.05, 0) is 67.0 Å². The zero-order valence-corrected chi connectivity index (χ0v) is 27.4. The summed E-state index contributed by atoms with van der Waals surface area (Å²) in [5.41, 5.74) is 5.25. The zero-order valence-electron chi connectivity index (χ0n) is 27.4. The summed E-state index contributed by atoms with van der Waals surface area (Å²) in [6, 6.07) is 14.6. The van der Waals surface area contributed by atoms with E-state index in [0.29, 0.717) is 18.1 Å². The van der Waals surface area contributed by atoms with Crippen molar-refractivity contribution in [1.82, 2.24) is 4.90 Å². The Hall–Kier alpha value is -3.35. The van der Waals surface area contributed by atoms with Crippen molar-refractivity contribution in [1.29, 1.82) is 0 Å². The fraction of sp³-hybridized carbons (Fsp3) is 0.571. The van der Waals surface area contributed by atoms with Crippen LogP contribution < -0.4 is 4.90 Å². The highest BCUT2D eigenvalue weighted by molar-refractivity contribution is 6.17. The number of ether oxygens (including phenoxy) is 2. The molecule has 1 atom stereocenters. The van der Waals surface area contributed by atoms with Crippen LogP contribution in [0.25, 0.3) is 0 Å². The summed E-state index contributed by atoms with van der Waals surface area (Å²) in [5.74, 6) is -3.50. The molecule has 0 spiro atoms. The van der Waals surface area contributed by atoms with E-state index >= 15 is 0 Å². The lowest BCUT2D eigenvalue weighted by molar-refractivity contribution is -0.236. The number of carbonyl (C=O) groups excluding carboxylic acids is 2. The van der Waals surface area contributed by atoms with Gasteiger partial charge in [-0.25, -0.2) is 4.99 Å². The monoisotopic (exact) mass is 577 g/mol. The lowest BCUT2D eigenvalue weighted by Gasteiger charge is -2.39. The minimum Gasteiger partial charge on any atom is -0.422 e. The lowest BCUT2D eigenvalue weighted by atomic mass is 9.88. The first-order valence-corrected chi connectivity index (χ1v) is 15.3. The Balaban J connectivity index is 2.12. The standard InChI is InChI=1S/C35H51N3O4/c1-11-12-13-14-25(3)38(23-27-17-15-26(16-18-27)22-34(4,5)6)31(30-32(39)41-35(7,8)42-33(30)40)36-29-20-19-28(37(9)10)21-24(29)2/h15-21,25,30H,11-14,22-23H2,1-10H3. The van der Waals surface area contributed by atoms with Crippen LogP contribution in [-0.2, 0) is 32.0 Å². The molecule has 230 valence electrons. The van der Waals surface area contributed by atoms with Gasteiger partial charge in [-0.3, -0.25) is 9.59 Å². The third-order valence-corrected chi connectivity index (χ3v) is 7.52. The van der Waals surface area contributed by atoms with Crippen molar-refractivity contribution in [2.45, 2.75) is 106 Å². The lowest BCUT2D eigenvalue weighted by Crippen LogP contribution is -2.54. The molecule has 1 heterocycles. The van der Waals surface area contributed by atoms with Crippen molar-refractivity contribution in [3.05, 3.63) is 59.2 Å². The number of anilines is 1. The van der Waals surface area contributed by atoms with Gasteiger partial charge in [0.05, 0.1) is 5.69 Å². The van der Waals surface area contributed by atoms with Crippen LogP contribution in [0.1, 0.15) is 90.8 Å². The summed E-state index contributed by atoms with van der Waals surface area (Å²) < 4.78 is 11.2. The molecule has 0 radical (unpaired) electrons. The molecule has 1 fully saturated rings. The Morgan fingerprint density at radius 2 is 1.57 bits per heavy atom. The summed E-state index contributed by atoms with van der Waals surface area (Å²) >= 11 is 0. The molecule has 0 amide bonds. The van der Waals surface area contributed by atoms with Gasteiger partial charge < -0.3 is 19.3 Å². The number of rotatable bonds is 11. The summed E-state index contributed by atoms with van der Waals surface area (Å²) in [6.07, 6.45) is 5.13. The molecule has 0 saturated carbocycles. The number of hydrogen-bond donors (Lipinski definition) is 0.